The van der Waals surface area contributed by atoms with E-state index in [1.54, 1.807) is 6.07 Å². The molecule has 4 nitrogen and oxygen atoms in total. The Labute approximate surface area is 95.1 Å². The fraction of sp³-hybridized carbons (Fsp3) is 0.500. The molecule has 1 atom stereocenters. The van der Waals surface area contributed by atoms with E-state index in [1.807, 2.05) is 26.8 Å². The number of aliphatic hydroxyl groups is 1. The minimum Gasteiger partial charge on any atom is -0.396 e. The molecule has 0 saturated carbocycles. The lowest BCUT2D eigenvalue weighted by molar-refractivity contribution is -0.385. The van der Waals surface area contributed by atoms with Crippen molar-refractivity contribution in [2.75, 3.05) is 6.61 Å². The molecular formula is C12H17NO3. The van der Waals surface area contributed by atoms with E-state index in [0.717, 1.165) is 11.1 Å². The smallest absolute Gasteiger partial charge is 0.269 e. The highest BCUT2D eigenvalue weighted by molar-refractivity contribution is 5.41. The van der Waals surface area contributed by atoms with Crippen LogP contribution in [0.15, 0.2) is 18.2 Å². The summed E-state index contributed by atoms with van der Waals surface area (Å²) in [5, 5.41) is 19.9. The molecule has 0 aliphatic rings. The molecule has 1 aromatic rings. The predicted molar refractivity (Wildman–Crippen MR) is 62.7 cm³/mol. The number of rotatable bonds is 4. The Kier molecular flexibility index (Phi) is 4.01. The first-order valence-corrected chi connectivity index (χ1v) is 5.35. The topological polar surface area (TPSA) is 63.4 Å². The summed E-state index contributed by atoms with van der Waals surface area (Å²) in [7, 11) is 0. The van der Waals surface area contributed by atoms with Crippen LogP contribution in [0.3, 0.4) is 0 Å². The zero-order valence-corrected chi connectivity index (χ0v) is 9.80. The molecule has 0 spiro atoms. The Morgan fingerprint density at radius 2 is 1.81 bits per heavy atom. The molecule has 1 rings (SSSR count). The van der Waals surface area contributed by atoms with Crippen molar-refractivity contribution in [2.45, 2.75) is 32.6 Å². The molecule has 0 heterocycles. The van der Waals surface area contributed by atoms with Crippen LogP contribution in [-0.4, -0.2) is 16.6 Å². The van der Waals surface area contributed by atoms with Gasteiger partial charge in [-0.2, -0.15) is 0 Å². The molecular weight excluding hydrogens is 206 g/mol. The molecule has 88 valence electrons. The van der Waals surface area contributed by atoms with Crippen LogP contribution >= 0.6 is 0 Å². The van der Waals surface area contributed by atoms with E-state index in [1.165, 1.54) is 6.07 Å². The van der Waals surface area contributed by atoms with Gasteiger partial charge < -0.3 is 5.11 Å². The van der Waals surface area contributed by atoms with Gasteiger partial charge >= 0.3 is 0 Å². The first-order valence-electron chi connectivity index (χ1n) is 5.35. The standard InChI is InChI=1S/C12H17NO3/c1-8(2)10-4-11(9(3)7-14)6-12(5-10)13(15)16/h4-6,8-9,14H,7H2,1-3H3. The van der Waals surface area contributed by atoms with Crippen molar-refractivity contribution in [3.63, 3.8) is 0 Å². The Morgan fingerprint density at radius 3 is 2.25 bits per heavy atom. The second-order valence-electron chi connectivity index (χ2n) is 4.35. The van der Waals surface area contributed by atoms with Crippen LogP contribution in [0.5, 0.6) is 0 Å². The summed E-state index contributed by atoms with van der Waals surface area (Å²) in [4.78, 5) is 10.4. The summed E-state index contributed by atoms with van der Waals surface area (Å²) in [5.41, 5.74) is 1.85. The van der Waals surface area contributed by atoms with Gasteiger partial charge in [0.1, 0.15) is 0 Å². The number of nitro benzene ring substituents is 1. The molecule has 0 radical (unpaired) electrons. The highest BCUT2D eigenvalue weighted by atomic mass is 16.6. The van der Waals surface area contributed by atoms with Crippen molar-refractivity contribution in [3.8, 4) is 0 Å². The van der Waals surface area contributed by atoms with Crippen LogP contribution in [0.25, 0.3) is 0 Å². The van der Waals surface area contributed by atoms with Gasteiger partial charge in [0, 0.05) is 24.7 Å². The fourth-order valence-electron chi connectivity index (χ4n) is 1.49. The maximum absolute atomic E-state index is 10.8. The third-order valence-corrected chi connectivity index (χ3v) is 2.68. The van der Waals surface area contributed by atoms with Crippen molar-refractivity contribution in [2.24, 2.45) is 0 Å². The van der Waals surface area contributed by atoms with Crippen molar-refractivity contribution in [3.05, 3.63) is 39.4 Å². The second kappa shape index (κ2) is 5.07. The zero-order valence-electron chi connectivity index (χ0n) is 9.80. The number of aliphatic hydroxyl groups excluding tert-OH is 1. The summed E-state index contributed by atoms with van der Waals surface area (Å²) in [6, 6.07) is 5.06. The number of non-ortho nitro benzene ring substituents is 1. The molecule has 16 heavy (non-hydrogen) atoms. The van der Waals surface area contributed by atoms with E-state index < -0.39 is 0 Å². The van der Waals surface area contributed by atoms with E-state index in [9.17, 15) is 10.1 Å². The zero-order chi connectivity index (χ0) is 12.3. The summed E-state index contributed by atoms with van der Waals surface area (Å²) in [6.07, 6.45) is 0. The Hall–Kier alpha value is -1.42. The largest absolute Gasteiger partial charge is 0.396 e. The van der Waals surface area contributed by atoms with Crippen molar-refractivity contribution >= 4 is 5.69 Å². The summed E-state index contributed by atoms with van der Waals surface area (Å²) in [5.74, 6) is 0.168. The van der Waals surface area contributed by atoms with Gasteiger partial charge in [0.15, 0.2) is 0 Å². The van der Waals surface area contributed by atoms with Gasteiger partial charge in [-0.1, -0.05) is 26.8 Å². The van der Waals surface area contributed by atoms with Crippen molar-refractivity contribution in [1.29, 1.82) is 0 Å². The number of nitrogens with zero attached hydrogens (tertiary/aromatic N) is 1. The van der Waals surface area contributed by atoms with Gasteiger partial charge in [0.2, 0.25) is 0 Å². The molecule has 1 unspecified atom stereocenters. The van der Waals surface area contributed by atoms with E-state index in [4.69, 9.17) is 5.11 Å². The Morgan fingerprint density at radius 1 is 1.25 bits per heavy atom. The van der Waals surface area contributed by atoms with Crippen LogP contribution in [0.4, 0.5) is 5.69 Å². The Balaban J connectivity index is 3.24. The van der Waals surface area contributed by atoms with Gasteiger partial charge in [-0.3, -0.25) is 10.1 Å². The summed E-state index contributed by atoms with van der Waals surface area (Å²) >= 11 is 0. The average molecular weight is 223 g/mol. The lowest BCUT2D eigenvalue weighted by Crippen LogP contribution is -2.02. The molecule has 0 aromatic heterocycles. The minimum atomic E-state index is -0.389. The van der Waals surface area contributed by atoms with Crippen molar-refractivity contribution < 1.29 is 10.0 Å². The number of hydrogen-bond donors (Lipinski definition) is 1. The summed E-state index contributed by atoms with van der Waals surface area (Å²) < 4.78 is 0. The number of benzene rings is 1. The van der Waals surface area contributed by atoms with Crippen LogP contribution < -0.4 is 0 Å². The second-order valence-corrected chi connectivity index (χ2v) is 4.35. The van der Waals surface area contributed by atoms with Crippen molar-refractivity contribution in [1.82, 2.24) is 0 Å². The fourth-order valence-corrected chi connectivity index (χ4v) is 1.49. The van der Waals surface area contributed by atoms with E-state index >= 15 is 0 Å². The quantitative estimate of drug-likeness (QED) is 0.630. The van der Waals surface area contributed by atoms with Gasteiger partial charge in [-0.15, -0.1) is 0 Å². The van der Waals surface area contributed by atoms with Gasteiger partial charge in [-0.05, 0) is 17.0 Å². The molecule has 0 saturated heterocycles. The first kappa shape index (κ1) is 12.6. The minimum absolute atomic E-state index is 0.00129. The molecule has 0 aliphatic carbocycles. The SMILES string of the molecule is CC(C)c1cc(C(C)CO)cc([N+](=O)[O-])c1. The monoisotopic (exact) mass is 223 g/mol. The van der Waals surface area contributed by atoms with Gasteiger partial charge in [0.05, 0.1) is 4.92 Å². The van der Waals surface area contributed by atoms with Crippen LogP contribution in [0.2, 0.25) is 0 Å². The average Bonchev–Trinajstić information content (AvgIpc) is 2.27. The molecule has 0 aliphatic heterocycles. The number of hydrogen-bond acceptors (Lipinski definition) is 3. The lowest BCUT2D eigenvalue weighted by atomic mass is 9.94. The van der Waals surface area contributed by atoms with Crippen LogP contribution in [0.1, 0.15) is 43.7 Å². The highest BCUT2D eigenvalue weighted by Crippen LogP contribution is 2.26. The maximum Gasteiger partial charge on any atom is 0.269 e. The molecule has 0 fully saturated rings. The number of nitro groups is 1. The normalized spacial score (nSPS) is 12.8. The first-order chi connectivity index (χ1) is 7.45. The van der Waals surface area contributed by atoms with E-state index in [2.05, 4.69) is 0 Å². The van der Waals surface area contributed by atoms with Crippen LogP contribution in [0, 0.1) is 10.1 Å². The molecule has 0 amide bonds. The Bertz CT molecular complexity index is 388. The van der Waals surface area contributed by atoms with E-state index in [-0.39, 0.29) is 29.1 Å². The van der Waals surface area contributed by atoms with Gasteiger partial charge in [0.25, 0.3) is 5.69 Å². The predicted octanol–water partition coefficient (Wildman–Crippen LogP) is 2.81. The van der Waals surface area contributed by atoms with Crippen LogP contribution in [-0.2, 0) is 0 Å². The lowest BCUT2D eigenvalue weighted by Gasteiger charge is -2.12. The molecule has 4 heteroatoms. The third kappa shape index (κ3) is 2.79. The molecule has 1 N–H and O–H groups in total. The van der Waals surface area contributed by atoms with E-state index in [0.29, 0.717) is 0 Å². The summed E-state index contributed by atoms with van der Waals surface area (Å²) in [6.45, 7) is 5.83. The highest BCUT2D eigenvalue weighted by Gasteiger charge is 2.14. The van der Waals surface area contributed by atoms with Gasteiger partial charge in [-0.25, -0.2) is 0 Å². The maximum atomic E-state index is 10.8. The molecule has 0 bridgehead atoms. The third-order valence-electron chi connectivity index (χ3n) is 2.68. The molecule has 1 aromatic carbocycles.